The first-order valence-corrected chi connectivity index (χ1v) is 8.67. The van der Waals surface area contributed by atoms with Gasteiger partial charge in [-0.25, -0.2) is 14.6 Å². The highest BCUT2D eigenvalue weighted by Crippen LogP contribution is 2.37. The van der Waals surface area contributed by atoms with Gasteiger partial charge in [-0.05, 0) is 24.6 Å². The highest BCUT2D eigenvalue weighted by atomic mass is 35.5. The van der Waals surface area contributed by atoms with Crippen LogP contribution >= 0.6 is 11.6 Å². The van der Waals surface area contributed by atoms with Crippen molar-refractivity contribution >= 4 is 28.5 Å². The molecule has 0 aliphatic carbocycles. The molecule has 1 saturated heterocycles. The zero-order valence-corrected chi connectivity index (χ0v) is 15.1. The van der Waals surface area contributed by atoms with E-state index >= 15 is 0 Å². The zero-order valence-electron chi connectivity index (χ0n) is 14.3. The Balaban J connectivity index is 1.93. The summed E-state index contributed by atoms with van der Waals surface area (Å²) in [5.41, 5.74) is 8.58. The summed E-state index contributed by atoms with van der Waals surface area (Å²) < 4.78 is 6.96. The first-order chi connectivity index (χ1) is 12.9. The number of nitrogen functional groups attached to an aromatic ring is 1. The van der Waals surface area contributed by atoms with E-state index in [2.05, 4.69) is 15.1 Å². The number of fused-ring (bicyclic) bond motifs is 1. The lowest BCUT2D eigenvalue weighted by Crippen LogP contribution is -2.33. The second-order valence-corrected chi connectivity index (χ2v) is 6.88. The van der Waals surface area contributed by atoms with Crippen LogP contribution in [0.15, 0.2) is 24.5 Å². The quantitative estimate of drug-likeness (QED) is 0.510. The number of aliphatic hydroxyl groups is 3. The third-order valence-electron chi connectivity index (χ3n) is 4.72. The number of hydrogen-bond acceptors (Lipinski definition) is 8. The van der Waals surface area contributed by atoms with Crippen LogP contribution in [-0.4, -0.2) is 60.0 Å². The fourth-order valence-corrected chi connectivity index (χ4v) is 3.56. The molecule has 2 aromatic heterocycles. The first kappa shape index (κ1) is 18.1. The molecule has 0 saturated carbocycles. The molecule has 1 fully saturated rings. The molecule has 3 aromatic rings. The molecule has 10 heteroatoms. The van der Waals surface area contributed by atoms with Crippen LogP contribution in [0.25, 0.3) is 22.3 Å². The normalized spacial score (nSPS) is 25.4. The van der Waals surface area contributed by atoms with Crippen LogP contribution in [0.2, 0.25) is 5.02 Å². The van der Waals surface area contributed by atoms with Crippen LogP contribution in [0.4, 0.5) is 5.82 Å². The number of rotatable bonds is 3. The number of nitrogens with two attached hydrogens (primary N) is 1. The molecule has 0 spiro atoms. The van der Waals surface area contributed by atoms with Crippen LogP contribution in [0, 0.1) is 6.92 Å². The monoisotopic (exact) mass is 391 g/mol. The van der Waals surface area contributed by atoms with Crippen molar-refractivity contribution in [1.29, 1.82) is 0 Å². The van der Waals surface area contributed by atoms with E-state index in [0.29, 0.717) is 21.7 Å². The van der Waals surface area contributed by atoms with Gasteiger partial charge in [-0.15, -0.1) is 0 Å². The largest absolute Gasteiger partial charge is 0.394 e. The highest BCUT2D eigenvalue weighted by Gasteiger charge is 2.44. The lowest BCUT2D eigenvalue weighted by molar-refractivity contribution is -0.0565. The van der Waals surface area contributed by atoms with Crippen molar-refractivity contribution in [3.05, 3.63) is 35.1 Å². The van der Waals surface area contributed by atoms with Crippen molar-refractivity contribution in [2.45, 2.75) is 31.5 Å². The molecular weight excluding hydrogens is 374 g/mol. The summed E-state index contributed by atoms with van der Waals surface area (Å²) in [5.74, 6) is 0.224. The smallest absolute Gasteiger partial charge is 0.181 e. The van der Waals surface area contributed by atoms with Crippen molar-refractivity contribution in [3.8, 4) is 11.3 Å². The van der Waals surface area contributed by atoms with Crippen LogP contribution in [-0.2, 0) is 4.74 Å². The number of aromatic nitrogens is 4. The minimum Gasteiger partial charge on any atom is -0.394 e. The van der Waals surface area contributed by atoms with Crippen LogP contribution in [0.1, 0.15) is 11.8 Å². The van der Waals surface area contributed by atoms with Crippen molar-refractivity contribution in [1.82, 2.24) is 19.7 Å². The molecule has 9 nitrogen and oxygen atoms in total. The van der Waals surface area contributed by atoms with Gasteiger partial charge in [0, 0.05) is 10.6 Å². The minimum atomic E-state index is -1.29. The fraction of sp³-hybridized carbons (Fsp3) is 0.353. The Labute approximate surface area is 159 Å². The van der Waals surface area contributed by atoms with E-state index in [0.717, 1.165) is 11.1 Å². The second-order valence-electron chi connectivity index (χ2n) is 6.44. The molecule has 0 amide bonds. The Morgan fingerprint density at radius 3 is 2.70 bits per heavy atom. The maximum atomic E-state index is 10.4. The number of anilines is 1. The molecule has 1 aliphatic rings. The Morgan fingerprint density at radius 2 is 2.04 bits per heavy atom. The molecule has 1 aliphatic heterocycles. The molecule has 142 valence electrons. The van der Waals surface area contributed by atoms with E-state index in [1.165, 1.54) is 11.0 Å². The fourth-order valence-electron chi connectivity index (χ4n) is 3.34. The first-order valence-electron chi connectivity index (χ1n) is 8.30. The molecule has 27 heavy (non-hydrogen) atoms. The predicted octanol–water partition coefficient (Wildman–Crippen LogP) is 0.649. The van der Waals surface area contributed by atoms with E-state index in [-0.39, 0.29) is 5.82 Å². The number of ether oxygens (including phenoxy) is 1. The highest BCUT2D eigenvalue weighted by molar-refractivity contribution is 6.30. The topological polar surface area (TPSA) is 140 Å². The van der Waals surface area contributed by atoms with Crippen molar-refractivity contribution in [3.63, 3.8) is 0 Å². The molecular formula is C17H18ClN5O4. The minimum absolute atomic E-state index is 0.224. The number of aliphatic hydroxyl groups excluding tert-OH is 3. The Hall–Kier alpha value is -2.30. The van der Waals surface area contributed by atoms with Gasteiger partial charge in [0.1, 0.15) is 36.2 Å². The van der Waals surface area contributed by atoms with E-state index in [9.17, 15) is 15.3 Å². The Morgan fingerprint density at radius 1 is 1.26 bits per heavy atom. The van der Waals surface area contributed by atoms with Gasteiger partial charge < -0.3 is 25.8 Å². The van der Waals surface area contributed by atoms with E-state index in [1.807, 2.05) is 13.0 Å². The Bertz CT molecular complexity index is 1010. The summed E-state index contributed by atoms with van der Waals surface area (Å²) in [6.45, 7) is 1.45. The summed E-state index contributed by atoms with van der Waals surface area (Å²) in [7, 11) is 0. The third kappa shape index (κ3) is 2.84. The predicted molar refractivity (Wildman–Crippen MR) is 97.9 cm³/mol. The number of halogens is 1. The summed E-state index contributed by atoms with van der Waals surface area (Å²) in [4.78, 5) is 8.28. The lowest BCUT2D eigenvalue weighted by Gasteiger charge is -2.15. The molecule has 4 atom stereocenters. The van der Waals surface area contributed by atoms with Gasteiger partial charge in [-0.2, -0.15) is 5.10 Å². The van der Waals surface area contributed by atoms with Gasteiger partial charge in [0.15, 0.2) is 11.9 Å². The van der Waals surface area contributed by atoms with Crippen molar-refractivity contribution in [2.24, 2.45) is 0 Å². The van der Waals surface area contributed by atoms with Crippen LogP contribution in [0.3, 0.4) is 0 Å². The second kappa shape index (κ2) is 6.70. The van der Waals surface area contributed by atoms with Crippen LogP contribution in [0.5, 0.6) is 0 Å². The average Bonchev–Trinajstić information content (AvgIpc) is 3.15. The summed E-state index contributed by atoms with van der Waals surface area (Å²) >= 11 is 6.05. The third-order valence-corrected chi connectivity index (χ3v) is 4.95. The van der Waals surface area contributed by atoms with Gasteiger partial charge >= 0.3 is 0 Å². The van der Waals surface area contributed by atoms with Crippen LogP contribution < -0.4 is 5.73 Å². The van der Waals surface area contributed by atoms with E-state index < -0.39 is 31.1 Å². The van der Waals surface area contributed by atoms with E-state index in [1.54, 1.807) is 12.1 Å². The maximum Gasteiger partial charge on any atom is 0.181 e. The average molecular weight is 392 g/mol. The van der Waals surface area contributed by atoms with Gasteiger partial charge in [-0.1, -0.05) is 17.7 Å². The summed E-state index contributed by atoms with van der Waals surface area (Å²) in [5, 5.41) is 35.4. The maximum absolute atomic E-state index is 10.4. The molecule has 0 bridgehead atoms. The Kier molecular flexibility index (Phi) is 4.49. The zero-order chi connectivity index (χ0) is 19.3. The molecule has 3 heterocycles. The van der Waals surface area contributed by atoms with Gasteiger partial charge in [0.2, 0.25) is 0 Å². The van der Waals surface area contributed by atoms with Gasteiger partial charge in [0.05, 0.1) is 12.0 Å². The summed E-state index contributed by atoms with van der Waals surface area (Å²) in [6.07, 6.45) is -3.21. The van der Waals surface area contributed by atoms with Gasteiger partial charge in [0.25, 0.3) is 0 Å². The number of benzene rings is 1. The molecule has 4 rings (SSSR count). The standard InChI is InChI=1S/C17H18ClN5O4/c1-7-4-8(18)2-3-9(7)12-11-15(19)20-6-21-16(11)23(22-12)17-14(26)13(25)10(5-24)27-17/h2-4,6,10,13-14,17,24-26H,5H2,1H3,(H2,19,20,21)/t10-,13-,14-,17-/m1/s1. The molecule has 0 radical (unpaired) electrons. The summed E-state index contributed by atoms with van der Waals surface area (Å²) in [6, 6.07) is 5.35. The SMILES string of the molecule is Cc1cc(Cl)ccc1-c1nn([C@@H]2O[C@H](CO)[C@@H](O)[C@H]2O)c2ncnc(N)c12. The molecule has 0 unspecified atom stereocenters. The molecule has 5 N–H and O–H groups in total. The number of aryl methyl sites for hydroxylation is 1. The van der Waals surface area contributed by atoms with Crippen molar-refractivity contribution in [2.75, 3.05) is 12.3 Å². The number of nitrogens with zero attached hydrogens (tertiary/aromatic N) is 4. The number of hydrogen-bond donors (Lipinski definition) is 4. The van der Waals surface area contributed by atoms with Crippen molar-refractivity contribution < 1.29 is 20.1 Å². The van der Waals surface area contributed by atoms with E-state index in [4.69, 9.17) is 22.1 Å². The molecule has 1 aromatic carbocycles. The lowest BCUT2D eigenvalue weighted by atomic mass is 10.0. The van der Waals surface area contributed by atoms with Gasteiger partial charge in [-0.3, -0.25) is 0 Å².